The van der Waals surface area contributed by atoms with E-state index in [1.165, 1.54) is 18.7 Å². The summed E-state index contributed by atoms with van der Waals surface area (Å²) < 4.78 is 0.969. The molecular formula is C10H11BrO3S. The molecule has 3 nitrogen and oxygen atoms in total. The number of carboxylic acid groups (broad SMARTS) is 1. The fourth-order valence-electron chi connectivity index (χ4n) is 0.816. The highest BCUT2D eigenvalue weighted by Gasteiger charge is 2.29. The number of rotatable bonds is 4. The Morgan fingerprint density at radius 1 is 1.47 bits per heavy atom. The van der Waals surface area contributed by atoms with Crippen LogP contribution >= 0.6 is 27.7 Å². The summed E-state index contributed by atoms with van der Waals surface area (Å²) >= 11 is 4.62. The summed E-state index contributed by atoms with van der Waals surface area (Å²) in [7, 11) is 0. The Morgan fingerprint density at radius 3 is 2.47 bits per heavy atom. The normalized spacial score (nSPS) is 14.6. The lowest BCUT2D eigenvalue weighted by molar-refractivity contribution is -0.154. The van der Waals surface area contributed by atoms with Crippen molar-refractivity contribution < 1.29 is 15.0 Å². The molecule has 1 unspecified atom stereocenters. The lowest BCUT2D eigenvalue weighted by atomic mass is 10.1. The van der Waals surface area contributed by atoms with E-state index in [-0.39, 0.29) is 5.75 Å². The van der Waals surface area contributed by atoms with Crippen LogP contribution in [0.25, 0.3) is 0 Å². The first-order valence-corrected chi connectivity index (χ1v) is 6.04. The molecular weight excluding hydrogens is 280 g/mol. The summed E-state index contributed by atoms with van der Waals surface area (Å²) in [5.74, 6) is -1.07. The van der Waals surface area contributed by atoms with Gasteiger partial charge in [-0.25, -0.2) is 4.79 Å². The van der Waals surface area contributed by atoms with Crippen molar-refractivity contribution in [3.63, 3.8) is 0 Å². The van der Waals surface area contributed by atoms with Gasteiger partial charge in [-0.2, -0.15) is 0 Å². The number of aliphatic hydroxyl groups is 1. The summed E-state index contributed by atoms with van der Waals surface area (Å²) in [4.78, 5) is 11.6. The minimum absolute atomic E-state index is 0.129. The second kappa shape index (κ2) is 5.01. The zero-order chi connectivity index (χ0) is 11.5. The Balaban J connectivity index is 2.57. The number of carboxylic acids is 1. The molecule has 0 saturated carbocycles. The highest BCUT2D eigenvalue weighted by atomic mass is 79.9. The van der Waals surface area contributed by atoms with E-state index in [2.05, 4.69) is 15.9 Å². The van der Waals surface area contributed by atoms with Crippen LogP contribution in [0.5, 0.6) is 0 Å². The Hall–Kier alpha value is -0.520. The van der Waals surface area contributed by atoms with E-state index in [9.17, 15) is 9.90 Å². The summed E-state index contributed by atoms with van der Waals surface area (Å²) in [6, 6.07) is 7.48. The van der Waals surface area contributed by atoms with Crippen molar-refractivity contribution in [1.82, 2.24) is 0 Å². The molecule has 0 aliphatic carbocycles. The van der Waals surface area contributed by atoms with Gasteiger partial charge in [0.15, 0.2) is 5.60 Å². The minimum Gasteiger partial charge on any atom is -0.479 e. The van der Waals surface area contributed by atoms with E-state index in [4.69, 9.17) is 5.11 Å². The lowest BCUT2D eigenvalue weighted by Crippen LogP contribution is -2.37. The van der Waals surface area contributed by atoms with Gasteiger partial charge in [-0.15, -0.1) is 11.8 Å². The van der Waals surface area contributed by atoms with Crippen LogP contribution in [0.1, 0.15) is 6.92 Å². The van der Waals surface area contributed by atoms with Crippen molar-refractivity contribution in [3.05, 3.63) is 28.7 Å². The minimum atomic E-state index is -1.68. The third kappa shape index (κ3) is 3.85. The van der Waals surface area contributed by atoms with Gasteiger partial charge in [0.05, 0.1) is 0 Å². The number of benzene rings is 1. The van der Waals surface area contributed by atoms with E-state index in [0.29, 0.717) is 0 Å². The van der Waals surface area contributed by atoms with Crippen molar-refractivity contribution >= 4 is 33.7 Å². The van der Waals surface area contributed by atoms with Crippen LogP contribution in [0.4, 0.5) is 0 Å². The van der Waals surface area contributed by atoms with E-state index in [1.807, 2.05) is 24.3 Å². The number of aliphatic carboxylic acids is 1. The number of hydrogen-bond acceptors (Lipinski definition) is 3. The quantitative estimate of drug-likeness (QED) is 0.836. The summed E-state index contributed by atoms with van der Waals surface area (Å²) in [5.41, 5.74) is -1.68. The van der Waals surface area contributed by atoms with Gasteiger partial charge in [-0.3, -0.25) is 0 Å². The maximum atomic E-state index is 10.6. The molecule has 0 saturated heterocycles. The molecule has 15 heavy (non-hydrogen) atoms. The number of hydrogen-bond donors (Lipinski definition) is 2. The predicted molar refractivity (Wildman–Crippen MR) is 63.1 cm³/mol. The summed E-state index contributed by atoms with van der Waals surface area (Å²) in [6.07, 6.45) is 0. The largest absolute Gasteiger partial charge is 0.479 e. The van der Waals surface area contributed by atoms with Gasteiger partial charge in [0, 0.05) is 15.1 Å². The first-order valence-electron chi connectivity index (χ1n) is 4.26. The first-order chi connectivity index (χ1) is 6.92. The molecule has 0 aliphatic heterocycles. The molecule has 0 radical (unpaired) electrons. The maximum Gasteiger partial charge on any atom is 0.336 e. The molecule has 82 valence electrons. The second-order valence-electron chi connectivity index (χ2n) is 3.32. The Bertz CT molecular complexity index is 348. The molecule has 0 fully saturated rings. The van der Waals surface area contributed by atoms with Gasteiger partial charge in [0.25, 0.3) is 0 Å². The fraction of sp³-hybridized carbons (Fsp3) is 0.300. The van der Waals surface area contributed by atoms with Crippen LogP contribution in [-0.4, -0.2) is 27.5 Å². The molecule has 1 atom stereocenters. The van der Waals surface area contributed by atoms with E-state index < -0.39 is 11.6 Å². The predicted octanol–water partition coefficient (Wildman–Crippen LogP) is 2.38. The molecule has 0 bridgehead atoms. The van der Waals surface area contributed by atoms with Crippen molar-refractivity contribution in [2.24, 2.45) is 0 Å². The highest BCUT2D eigenvalue weighted by molar-refractivity contribution is 9.10. The van der Waals surface area contributed by atoms with E-state index in [1.54, 1.807) is 0 Å². The van der Waals surface area contributed by atoms with Gasteiger partial charge < -0.3 is 10.2 Å². The average Bonchev–Trinajstić information content (AvgIpc) is 2.17. The molecule has 1 aromatic rings. The zero-order valence-corrected chi connectivity index (χ0v) is 10.5. The molecule has 5 heteroatoms. The molecule has 1 rings (SSSR count). The second-order valence-corrected chi connectivity index (χ2v) is 5.29. The Labute approximate surface area is 101 Å². The maximum absolute atomic E-state index is 10.6. The Morgan fingerprint density at radius 2 is 2.00 bits per heavy atom. The van der Waals surface area contributed by atoms with E-state index in [0.717, 1.165) is 9.37 Å². The monoisotopic (exact) mass is 290 g/mol. The molecule has 2 N–H and O–H groups in total. The van der Waals surface area contributed by atoms with Crippen LogP contribution in [0, 0.1) is 0 Å². The number of halogens is 1. The van der Waals surface area contributed by atoms with Gasteiger partial charge in [0.2, 0.25) is 0 Å². The third-order valence-corrected chi connectivity index (χ3v) is 3.63. The van der Waals surface area contributed by atoms with Crippen molar-refractivity contribution in [1.29, 1.82) is 0 Å². The van der Waals surface area contributed by atoms with Gasteiger partial charge in [-0.1, -0.05) is 15.9 Å². The molecule has 0 amide bonds. The topological polar surface area (TPSA) is 57.5 Å². The Kier molecular flexibility index (Phi) is 4.19. The van der Waals surface area contributed by atoms with Crippen LogP contribution in [0.2, 0.25) is 0 Å². The van der Waals surface area contributed by atoms with Gasteiger partial charge >= 0.3 is 5.97 Å². The molecule has 0 aromatic heterocycles. The number of thioether (sulfide) groups is 1. The third-order valence-electron chi connectivity index (χ3n) is 1.79. The van der Waals surface area contributed by atoms with Crippen LogP contribution < -0.4 is 0 Å². The standard InChI is InChI=1S/C10H11BrO3S/c1-10(14,9(12)13)6-15-8-4-2-7(11)3-5-8/h2-5,14H,6H2,1H3,(H,12,13). The smallest absolute Gasteiger partial charge is 0.336 e. The fourth-order valence-corrected chi connectivity index (χ4v) is 1.98. The molecule has 1 aromatic carbocycles. The van der Waals surface area contributed by atoms with Crippen molar-refractivity contribution in [2.45, 2.75) is 17.4 Å². The first kappa shape index (κ1) is 12.5. The summed E-state index contributed by atoms with van der Waals surface area (Å²) in [5, 5.41) is 18.2. The zero-order valence-electron chi connectivity index (χ0n) is 8.11. The lowest BCUT2D eigenvalue weighted by Gasteiger charge is -2.16. The van der Waals surface area contributed by atoms with Gasteiger partial charge in [0.1, 0.15) is 0 Å². The van der Waals surface area contributed by atoms with Crippen LogP contribution in [0.3, 0.4) is 0 Å². The SMILES string of the molecule is CC(O)(CSc1ccc(Br)cc1)C(=O)O. The van der Waals surface area contributed by atoms with Crippen LogP contribution in [-0.2, 0) is 4.79 Å². The van der Waals surface area contributed by atoms with Crippen molar-refractivity contribution in [2.75, 3.05) is 5.75 Å². The molecule has 0 spiro atoms. The van der Waals surface area contributed by atoms with Crippen molar-refractivity contribution in [3.8, 4) is 0 Å². The molecule has 0 heterocycles. The van der Waals surface area contributed by atoms with Crippen LogP contribution in [0.15, 0.2) is 33.6 Å². The number of carbonyl (C=O) groups is 1. The highest BCUT2D eigenvalue weighted by Crippen LogP contribution is 2.24. The van der Waals surface area contributed by atoms with E-state index >= 15 is 0 Å². The van der Waals surface area contributed by atoms with Gasteiger partial charge in [-0.05, 0) is 31.2 Å². The summed E-state index contributed by atoms with van der Waals surface area (Å²) in [6.45, 7) is 1.29. The molecule has 0 aliphatic rings. The average molecular weight is 291 g/mol.